The van der Waals surface area contributed by atoms with Crippen molar-refractivity contribution < 1.29 is 78.6 Å². The largest absolute Gasteiger partial charge is 0.481 e. The van der Waals surface area contributed by atoms with Crippen molar-refractivity contribution in [2.75, 3.05) is 40.3 Å². The number of nitrogens with zero attached hydrogens (tertiary/aromatic N) is 5. The molecule has 5 aliphatic heterocycles. The van der Waals surface area contributed by atoms with Gasteiger partial charge in [0.1, 0.15) is 41.0 Å². The fourth-order valence-electron chi connectivity index (χ4n) is 13.2. The molecule has 25 nitrogen and oxygen atoms in total. The molecule has 29 heteroatoms. The lowest BCUT2D eigenvalue weighted by atomic mass is 10.1. The summed E-state index contributed by atoms with van der Waals surface area (Å²) in [6, 6.07) is 7.55. The minimum Gasteiger partial charge on any atom is -0.481 e. The zero-order valence-electron chi connectivity index (χ0n) is 54.6. The molecule has 0 bridgehead atoms. The molecule has 5 heterocycles. The summed E-state index contributed by atoms with van der Waals surface area (Å²) >= 11 is 0. The summed E-state index contributed by atoms with van der Waals surface area (Å²) in [4.78, 5) is 108. The Balaban J connectivity index is 0.000000243. The molecule has 2 aromatic rings. The van der Waals surface area contributed by atoms with Crippen LogP contribution in [0.5, 0.6) is 0 Å². The first-order chi connectivity index (χ1) is 45.3. The number of carbonyl (C=O) groups excluding carboxylic acids is 7. The van der Waals surface area contributed by atoms with Crippen molar-refractivity contribution in [2.24, 2.45) is 11.8 Å². The third kappa shape index (κ3) is 19.4. The molecular weight excluding hydrogens is 1270 g/mol. The molecule has 0 aromatic heterocycles. The van der Waals surface area contributed by atoms with Gasteiger partial charge in [-0.25, -0.2) is 27.8 Å². The van der Waals surface area contributed by atoms with E-state index >= 15 is 0 Å². The quantitative estimate of drug-likeness (QED) is 0.0549. The molecule has 2 saturated carbocycles. The van der Waals surface area contributed by atoms with Crippen LogP contribution in [0.3, 0.4) is 0 Å². The van der Waals surface area contributed by atoms with Gasteiger partial charge in [-0.3, -0.25) is 38.6 Å². The van der Waals surface area contributed by atoms with E-state index in [4.69, 9.17) is 14.6 Å². The van der Waals surface area contributed by atoms with Crippen LogP contribution in [0.1, 0.15) is 176 Å². The Bertz CT molecular complexity index is 3380. The van der Waals surface area contributed by atoms with Gasteiger partial charge in [0, 0.05) is 95.5 Å². The SMILES string of the molecule is C=C[C@@H]1C[C@@]12NC(=O)[C@@H]1C[C@@H](OC(=O)N3Cc4cccc(F)c4C3)CN1C(=O)CCCCCCCCCCCN(C)S(=O)(=O)NC2=O.C=C[C@@H]1C[C@]1(NC(=O)[C@@H]1C[C@@H](OC(=O)N2Cc3cccc(F)c3C2)CN1)C(=O)NS(=O)(=O)N(C)CCCCCCCCCCCC(=O)O. The molecule has 8 atom stereocenters. The number of halogens is 2. The van der Waals surface area contributed by atoms with Crippen molar-refractivity contribution in [2.45, 2.75) is 216 Å². The standard InChI is InChI=1S/C33H48FN5O8S.C33H46FN5O7S/c1-3-24-19-33(24,31(43)37-48(45,46)38(2)17-12-10-8-6-4-5-7-9-11-16-29(40)41)36-30(42)28-18-25(20-35-28)47-32(44)39-21-23-14-13-15-27(34)26(23)22-39;1-3-24-19-33(24)31(42)36-47(44,45)37(2)17-12-10-8-6-4-5-7-9-11-16-29(40)39-21-25(18-28(39)30(41)35-33)46-32(43)38-20-23-14-13-15-27(34)26(23)22-38/h3,13-15,24-25,28,35H,1,4-12,16-22H2,2H3,(H,36,42)(H,37,43)(H,40,41);3,13-15,24-25,28H,1,4-12,16-22H2,2H3,(H,35,41)(H,36,42)/t2*24-,25-,28+,33-/m11/s1. The van der Waals surface area contributed by atoms with E-state index in [-0.39, 0.29) is 103 Å². The Morgan fingerprint density at radius 2 is 1.29 bits per heavy atom. The van der Waals surface area contributed by atoms with Gasteiger partial charge in [0.25, 0.3) is 11.8 Å². The Kier molecular flexibility index (Phi) is 25.8. The maximum absolute atomic E-state index is 14.3. The van der Waals surface area contributed by atoms with Gasteiger partial charge in [-0.2, -0.15) is 25.4 Å². The maximum atomic E-state index is 14.3. The van der Waals surface area contributed by atoms with E-state index in [1.54, 1.807) is 24.3 Å². The molecule has 5 fully saturated rings. The minimum atomic E-state index is -4.17. The van der Waals surface area contributed by atoms with Gasteiger partial charge in [0.15, 0.2) is 0 Å². The monoisotopic (exact) mass is 1370 g/mol. The molecule has 7 aliphatic rings. The van der Waals surface area contributed by atoms with Crippen molar-refractivity contribution in [3.05, 3.63) is 95.6 Å². The lowest BCUT2D eigenvalue weighted by Gasteiger charge is -2.27. The number of amides is 7. The molecule has 0 unspecified atom stereocenters. The third-order valence-corrected chi connectivity index (χ3v) is 22.2. The van der Waals surface area contributed by atoms with E-state index in [1.165, 1.54) is 53.1 Å². The summed E-state index contributed by atoms with van der Waals surface area (Å²) in [5, 5.41) is 17.1. The van der Waals surface area contributed by atoms with E-state index in [0.717, 1.165) is 104 Å². The second kappa shape index (κ2) is 33.2. The number of carboxylic acid groups (broad SMARTS) is 1. The van der Waals surface area contributed by atoms with E-state index in [2.05, 4.69) is 38.6 Å². The molecule has 524 valence electrons. The number of benzene rings is 2. The summed E-state index contributed by atoms with van der Waals surface area (Å²) < 4.78 is 98.1. The second-order valence-electron chi connectivity index (χ2n) is 26.3. The van der Waals surface area contributed by atoms with Gasteiger partial charge in [-0.15, -0.1) is 13.2 Å². The van der Waals surface area contributed by atoms with Gasteiger partial charge in [-0.05, 0) is 61.8 Å². The number of ether oxygens (including phenoxy) is 2. The minimum absolute atomic E-state index is 0.00401. The summed E-state index contributed by atoms with van der Waals surface area (Å²) in [6.07, 6.45) is 17.5. The number of nitrogens with one attached hydrogen (secondary N) is 5. The smallest absolute Gasteiger partial charge is 0.410 e. The lowest BCUT2D eigenvalue weighted by Crippen LogP contribution is -2.57. The molecule has 3 saturated heterocycles. The topological polar surface area (TPSA) is 320 Å². The van der Waals surface area contributed by atoms with Crippen LogP contribution < -0.4 is 25.4 Å². The van der Waals surface area contributed by atoms with Crippen LogP contribution >= 0.6 is 0 Å². The first-order valence-electron chi connectivity index (χ1n) is 33.5. The van der Waals surface area contributed by atoms with E-state index in [9.17, 15) is 64.0 Å². The Labute approximate surface area is 556 Å². The van der Waals surface area contributed by atoms with Crippen LogP contribution in [-0.4, -0.2) is 169 Å². The first kappa shape index (κ1) is 73.7. The van der Waals surface area contributed by atoms with Crippen molar-refractivity contribution in [3.63, 3.8) is 0 Å². The normalized spacial score (nSPS) is 26.3. The van der Waals surface area contributed by atoms with Crippen molar-refractivity contribution >= 4 is 68.1 Å². The highest BCUT2D eigenvalue weighted by atomic mass is 32.2. The van der Waals surface area contributed by atoms with Crippen LogP contribution in [-0.2, 0) is 84.8 Å². The highest BCUT2D eigenvalue weighted by molar-refractivity contribution is 7.88. The molecule has 9 rings (SSSR count). The number of carbonyl (C=O) groups is 8. The third-order valence-electron chi connectivity index (χ3n) is 19.3. The molecule has 95 heavy (non-hydrogen) atoms. The molecular formula is C66H94F2N10O15S2. The van der Waals surface area contributed by atoms with Crippen LogP contribution in [0, 0.1) is 23.5 Å². The highest BCUT2D eigenvalue weighted by Crippen LogP contribution is 2.46. The second-order valence-corrected chi connectivity index (χ2v) is 29.8. The van der Waals surface area contributed by atoms with Crippen LogP contribution in [0.15, 0.2) is 61.7 Å². The zero-order valence-corrected chi connectivity index (χ0v) is 56.2. The number of unbranched alkanes of at least 4 members (excludes halogenated alkanes) is 8. The average Bonchev–Trinajstić information content (AvgIpc) is 1.59. The molecule has 0 radical (unpaired) electrons. The Morgan fingerprint density at radius 1 is 0.747 bits per heavy atom. The Morgan fingerprint density at radius 3 is 1.84 bits per heavy atom. The molecule has 1 spiro atoms. The van der Waals surface area contributed by atoms with Crippen molar-refractivity contribution in [1.29, 1.82) is 0 Å². The van der Waals surface area contributed by atoms with Gasteiger partial charge < -0.3 is 35.4 Å². The number of rotatable bonds is 21. The molecule has 2 aliphatic carbocycles. The zero-order chi connectivity index (χ0) is 68.7. The predicted molar refractivity (Wildman–Crippen MR) is 346 cm³/mol. The van der Waals surface area contributed by atoms with Gasteiger partial charge in [-0.1, -0.05) is 126 Å². The summed E-state index contributed by atoms with van der Waals surface area (Å²) in [5.41, 5.74) is -0.696. The van der Waals surface area contributed by atoms with Crippen LogP contribution in [0.25, 0.3) is 0 Å². The number of hydrogen-bond acceptors (Lipinski definition) is 15. The van der Waals surface area contributed by atoms with Crippen molar-refractivity contribution in [1.82, 2.24) is 48.7 Å². The van der Waals surface area contributed by atoms with Gasteiger partial charge in [0.2, 0.25) is 17.7 Å². The fraction of sp³-hybridized carbons (Fsp3) is 0.636. The first-order valence-corrected chi connectivity index (χ1v) is 36.3. The predicted octanol–water partition coefficient (Wildman–Crippen LogP) is 6.86. The summed E-state index contributed by atoms with van der Waals surface area (Å²) in [6.45, 7) is 8.71. The number of fused-ring (bicyclic) bond motifs is 3. The molecule has 2 aromatic carbocycles. The van der Waals surface area contributed by atoms with E-state index in [1.807, 2.05) is 0 Å². The molecule has 7 amide bonds. The summed E-state index contributed by atoms with van der Waals surface area (Å²) in [5.74, 6) is -5.61. The summed E-state index contributed by atoms with van der Waals surface area (Å²) in [7, 11) is -5.51. The van der Waals surface area contributed by atoms with Crippen LogP contribution in [0.4, 0.5) is 18.4 Å². The Hall–Kier alpha value is -7.08. The van der Waals surface area contributed by atoms with Gasteiger partial charge in [0.05, 0.1) is 25.7 Å². The lowest BCUT2D eigenvalue weighted by molar-refractivity contribution is -0.140. The van der Waals surface area contributed by atoms with E-state index in [0.29, 0.717) is 42.4 Å². The van der Waals surface area contributed by atoms with E-state index < -0.39 is 115 Å². The number of aliphatic carboxylic acids is 1. The number of carboxylic acids is 1. The molecule has 6 N–H and O–H groups in total. The van der Waals surface area contributed by atoms with Crippen molar-refractivity contribution in [3.8, 4) is 0 Å². The maximum Gasteiger partial charge on any atom is 0.410 e. The highest BCUT2D eigenvalue weighted by Gasteiger charge is 2.63. The van der Waals surface area contributed by atoms with Gasteiger partial charge >= 0.3 is 38.6 Å². The average molecular weight is 1370 g/mol. The number of hydrogen-bond donors (Lipinski definition) is 6. The van der Waals surface area contributed by atoms with Crippen LogP contribution in [0.2, 0.25) is 0 Å². The fourth-order valence-corrected chi connectivity index (χ4v) is 15.1.